The zero-order valence-electron chi connectivity index (χ0n) is 11.0. The lowest BCUT2D eigenvalue weighted by Gasteiger charge is -2.28. The van der Waals surface area contributed by atoms with Crippen LogP contribution < -0.4 is 10.5 Å². The largest absolute Gasteiger partial charge is 0.492 e. The molecule has 1 aromatic heterocycles. The summed E-state index contributed by atoms with van der Waals surface area (Å²) < 4.78 is 5.50. The van der Waals surface area contributed by atoms with E-state index in [-0.39, 0.29) is 6.04 Å². The van der Waals surface area contributed by atoms with Crippen LogP contribution in [0.1, 0.15) is 44.2 Å². The molecule has 0 aromatic carbocycles. The van der Waals surface area contributed by atoms with E-state index in [1.54, 1.807) is 6.20 Å². The second-order valence-electron chi connectivity index (χ2n) is 5.75. The summed E-state index contributed by atoms with van der Waals surface area (Å²) in [5.74, 6) is 3.28. The molecule has 1 heterocycles. The van der Waals surface area contributed by atoms with Crippen LogP contribution in [0.2, 0.25) is 0 Å². The molecule has 2 saturated carbocycles. The molecule has 2 aliphatic rings. The normalized spacial score (nSPS) is 31.6. The van der Waals surface area contributed by atoms with Crippen molar-refractivity contribution in [1.29, 1.82) is 0 Å². The Bertz CT molecular complexity index is 421. The number of fused-ring (bicyclic) bond motifs is 2. The minimum Gasteiger partial charge on any atom is -0.492 e. The molecule has 98 valence electrons. The van der Waals surface area contributed by atoms with Gasteiger partial charge in [-0.15, -0.1) is 0 Å². The fourth-order valence-electron chi connectivity index (χ4n) is 3.84. The van der Waals surface area contributed by atoms with Crippen LogP contribution in [0.4, 0.5) is 0 Å². The minimum absolute atomic E-state index is 0.133. The van der Waals surface area contributed by atoms with Crippen LogP contribution in [-0.2, 0) is 0 Å². The molecule has 4 atom stereocenters. The van der Waals surface area contributed by atoms with Crippen molar-refractivity contribution in [3.8, 4) is 5.75 Å². The van der Waals surface area contributed by atoms with Crippen LogP contribution in [0.15, 0.2) is 18.5 Å². The van der Waals surface area contributed by atoms with E-state index in [1.807, 2.05) is 13.1 Å². The molecule has 2 bridgehead atoms. The third kappa shape index (κ3) is 2.12. The Hall–Kier alpha value is -1.09. The lowest BCUT2D eigenvalue weighted by molar-refractivity contribution is 0.283. The van der Waals surface area contributed by atoms with Gasteiger partial charge in [0.25, 0.3) is 0 Å². The maximum Gasteiger partial charge on any atom is 0.137 e. The van der Waals surface area contributed by atoms with Crippen molar-refractivity contribution in [2.45, 2.75) is 38.6 Å². The summed E-state index contributed by atoms with van der Waals surface area (Å²) in [5.41, 5.74) is 7.59. The Kier molecular flexibility index (Phi) is 3.25. The highest BCUT2D eigenvalue weighted by Gasteiger charge is 2.42. The molecule has 2 aliphatic carbocycles. The number of rotatable bonds is 4. The summed E-state index contributed by atoms with van der Waals surface area (Å²) in [5, 5.41) is 0. The standard InChI is InChI=1S/C15H22N2O/c1-2-18-13-7-12(8-17-9-13)15(16)14-6-10-3-4-11(14)5-10/h7-11,14-15H,2-6,16H2,1H3. The van der Waals surface area contributed by atoms with Crippen LogP contribution in [-0.4, -0.2) is 11.6 Å². The van der Waals surface area contributed by atoms with Gasteiger partial charge in [-0.1, -0.05) is 6.42 Å². The maximum atomic E-state index is 6.46. The maximum absolute atomic E-state index is 6.46. The molecule has 3 rings (SSSR count). The van der Waals surface area contributed by atoms with Crippen molar-refractivity contribution < 1.29 is 4.74 Å². The van der Waals surface area contributed by atoms with Crippen molar-refractivity contribution in [2.75, 3.05) is 6.61 Å². The highest BCUT2D eigenvalue weighted by atomic mass is 16.5. The number of pyridine rings is 1. The van der Waals surface area contributed by atoms with E-state index in [0.717, 1.165) is 23.1 Å². The van der Waals surface area contributed by atoms with Gasteiger partial charge in [0, 0.05) is 12.2 Å². The zero-order valence-corrected chi connectivity index (χ0v) is 11.0. The third-order valence-corrected chi connectivity index (χ3v) is 4.68. The van der Waals surface area contributed by atoms with E-state index < -0.39 is 0 Å². The van der Waals surface area contributed by atoms with E-state index in [4.69, 9.17) is 10.5 Å². The predicted molar refractivity (Wildman–Crippen MR) is 71.3 cm³/mol. The Morgan fingerprint density at radius 2 is 2.28 bits per heavy atom. The van der Waals surface area contributed by atoms with Crippen molar-refractivity contribution >= 4 is 0 Å². The van der Waals surface area contributed by atoms with E-state index in [9.17, 15) is 0 Å². The molecule has 0 spiro atoms. The van der Waals surface area contributed by atoms with Gasteiger partial charge in [0.1, 0.15) is 5.75 Å². The Labute approximate surface area is 109 Å². The van der Waals surface area contributed by atoms with Crippen molar-refractivity contribution in [2.24, 2.45) is 23.5 Å². The number of ether oxygens (including phenoxy) is 1. The van der Waals surface area contributed by atoms with Gasteiger partial charge in [-0.05, 0) is 55.6 Å². The minimum atomic E-state index is 0.133. The number of hydrogen-bond acceptors (Lipinski definition) is 3. The highest BCUT2D eigenvalue weighted by molar-refractivity contribution is 5.26. The van der Waals surface area contributed by atoms with Crippen LogP contribution in [0.25, 0.3) is 0 Å². The zero-order chi connectivity index (χ0) is 12.5. The summed E-state index contributed by atoms with van der Waals surface area (Å²) in [6, 6.07) is 2.20. The van der Waals surface area contributed by atoms with Crippen LogP contribution in [0, 0.1) is 17.8 Å². The fraction of sp³-hybridized carbons (Fsp3) is 0.667. The first-order chi connectivity index (χ1) is 8.78. The van der Waals surface area contributed by atoms with Crippen LogP contribution in [0.3, 0.4) is 0 Å². The highest BCUT2D eigenvalue weighted by Crippen LogP contribution is 2.51. The van der Waals surface area contributed by atoms with Gasteiger partial charge in [-0.25, -0.2) is 0 Å². The van der Waals surface area contributed by atoms with Crippen molar-refractivity contribution in [1.82, 2.24) is 4.98 Å². The molecule has 18 heavy (non-hydrogen) atoms. The Morgan fingerprint density at radius 1 is 1.39 bits per heavy atom. The van der Waals surface area contributed by atoms with Gasteiger partial charge in [0.15, 0.2) is 0 Å². The summed E-state index contributed by atoms with van der Waals surface area (Å²) in [6.45, 7) is 2.66. The first-order valence-electron chi connectivity index (χ1n) is 7.11. The van der Waals surface area contributed by atoms with Gasteiger partial charge in [-0.3, -0.25) is 4.98 Å². The van der Waals surface area contributed by atoms with Gasteiger partial charge in [-0.2, -0.15) is 0 Å². The van der Waals surface area contributed by atoms with E-state index >= 15 is 0 Å². The van der Waals surface area contributed by atoms with Crippen LogP contribution in [0.5, 0.6) is 5.75 Å². The Balaban J connectivity index is 1.75. The molecule has 0 amide bonds. The SMILES string of the molecule is CCOc1cncc(C(N)C2CC3CCC2C3)c1. The topological polar surface area (TPSA) is 48.1 Å². The van der Waals surface area contributed by atoms with E-state index in [1.165, 1.54) is 25.7 Å². The first kappa shape index (κ1) is 12.0. The third-order valence-electron chi connectivity index (χ3n) is 4.68. The number of nitrogens with two attached hydrogens (primary N) is 1. The summed E-state index contributed by atoms with van der Waals surface area (Å²) in [7, 11) is 0. The molecule has 0 radical (unpaired) electrons. The summed E-state index contributed by atoms with van der Waals surface area (Å²) >= 11 is 0. The van der Waals surface area contributed by atoms with E-state index in [2.05, 4.69) is 11.1 Å². The predicted octanol–water partition coefficient (Wildman–Crippen LogP) is 2.92. The molecule has 2 N–H and O–H groups in total. The van der Waals surface area contributed by atoms with Gasteiger partial charge in [0.05, 0.1) is 12.8 Å². The molecular weight excluding hydrogens is 224 g/mol. The molecule has 0 saturated heterocycles. The van der Waals surface area contributed by atoms with Crippen molar-refractivity contribution in [3.05, 3.63) is 24.0 Å². The average Bonchev–Trinajstić information content (AvgIpc) is 3.01. The lowest BCUT2D eigenvalue weighted by Crippen LogP contribution is -2.26. The quantitative estimate of drug-likeness (QED) is 0.888. The first-order valence-corrected chi connectivity index (χ1v) is 7.11. The molecule has 0 aliphatic heterocycles. The van der Waals surface area contributed by atoms with Crippen molar-refractivity contribution in [3.63, 3.8) is 0 Å². The fourth-order valence-corrected chi connectivity index (χ4v) is 3.84. The van der Waals surface area contributed by atoms with Gasteiger partial charge < -0.3 is 10.5 Å². The second kappa shape index (κ2) is 4.88. The molecule has 1 aromatic rings. The Morgan fingerprint density at radius 3 is 2.94 bits per heavy atom. The summed E-state index contributed by atoms with van der Waals surface area (Å²) in [6.07, 6.45) is 9.17. The van der Waals surface area contributed by atoms with Crippen LogP contribution >= 0.6 is 0 Å². The van der Waals surface area contributed by atoms with Gasteiger partial charge in [0.2, 0.25) is 0 Å². The molecular formula is C15H22N2O. The molecule has 3 nitrogen and oxygen atoms in total. The van der Waals surface area contributed by atoms with Gasteiger partial charge >= 0.3 is 0 Å². The number of nitrogens with zero attached hydrogens (tertiary/aromatic N) is 1. The summed E-state index contributed by atoms with van der Waals surface area (Å²) in [4.78, 5) is 4.25. The van der Waals surface area contributed by atoms with E-state index in [0.29, 0.717) is 12.5 Å². The average molecular weight is 246 g/mol. The smallest absolute Gasteiger partial charge is 0.137 e. The molecule has 4 unspecified atom stereocenters. The molecule has 3 heteroatoms. The second-order valence-corrected chi connectivity index (χ2v) is 5.75. The number of hydrogen-bond donors (Lipinski definition) is 1. The lowest BCUT2D eigenvalue weighted by atomic mass is 9.81. The number of aromatic nitrogens is 1. The molecule has 2 fully saturated rings. The monoisotopic (exact) mass is 246 g/mol.